The smallest absolute Gasteiger partial charge is 0.0534 e. The molecule has 1 heterocycles. The standard InChI is InChI=1S/C13H25N3O/c1-5-16-10-11(9-15-16)8-14-12(6-7-17)13(2,3)4/h9-10,12,14,17H,5-8H2,1-4H3. The highest BCUT2D eigenvalue weighted by Gasteiger charge is 2.23. The molecule has 0 bridgehead atoms. The van der Waals surface area contributed by atoms with Crippen LogP contribution in [0.3, 0.4) is 0 Å². The van der Waals surface area contributed by atoms with Gasteiger partial charge in [-0.25, -0.2) is 0 Å². The molecule has 1 unspecified atom stereocenters. The van der Waals surface area contributed by atoms with Crippen LogP contribution < -0.4 is 5.32 Å². The lowest BCUT2D eigenvalue weighted by molar-refractivity contribution is 0.196. The summed E-state index contributed by atoms with van der Waals surface area (Å²) in [6.45, 7) is 10.6. The van der Waals surface area contributed by atoms with Crippen LogP contribution in [0, 0.1) is 5.41 Å². The summed E-state index contributed by atoms with van der Waals surface area (Å²) in [6, 6.07) is 0.317. The van der Waals surface area contributed by atoms with Gasteiger partial charge < -0.3 is 10.4 Å². The van der Waals surface area contributed by atoms with E-state index < -0.39 is 0 Å². The molecule has 0 radical (unpaired) electrons. The van der Waals surface area contributed by atoms with Crippen LogP contribution in [0.15, 0.2) is 12.4 Å². The van der Waals surface area contributed by atoms with E-state index in [0.717, 1.165) is 19.5 Å². The van der Waals surface area contributed by atoms with Crippen LogP contribution in [0.5, 0.6) is 0 Å². The van der Waals surface area contributed by atoms with Crippen LogP contribution in [-0.4, -0.2) is 27.5 Å². The lowest BCUT2D eigenvalue weighted by Crippen LogP contribution is -2.40. The van der Waals surface area contributed by atoms with Gasteiger partial charge in [0.05, 0.1) is 6.20 Å². The van der Waals surface area contributed by atoms with Crippen molar-refractivity contribution in [3.05, 3.63) is 18.0 Å². The van der Waals surface area contributed by atoms with E-state index in [1.807, 2.05) is 10.9 Å². The summed E-state index contributed by atoms with van der Waals surface area (Å²) < 4.78 is 1.93. The minimum atomic E-state index is 0.156. The number of aliphatic hydroxyl groups excluding tert-OH is 1. The number of nitrogens with zero attached hydrogens (tertiary/aromatic N) is 2. The number of aromatic nitrogens is 2. The van der Waals surface area contributed by atoms with E-state index in [2.05, 4.69) is 44.3 Å². The van der Waals surface area contributed by atoms with Gasteiger partial charge in [0.15, 0.2) is 0 Å². The fourth-order valence-corrected chi connectivity index (χ4v) is 1.88. The van der Waals surface area contributed by atoms with E-state index in [-0.39, 0.29) is 12.0 Å². The summed E-state index contributed by atoms with van der Waals surface area (Å²) >= 11 is 0. The van der Waals surface area contributed by atoms with Gasteiger partial charge in [0.1, 0.15) is 0 Å². The number of aliphatic hydroxyl groups is 1. The van der Waals surface area contributed by atoms with Crippen molar-refractivity contribution < 1.29 is 5.11 Å². The van der Waals surface area contributed by atoms with Crippen molar-refractivity contribution in [2.75, 3.05) is 6.61 Å². The molecular weight excluding hydrogens is 214 g/mol. The molecule has 0 saturated carbocycles. The molecule has 0 aliphatic rings. The van der Waals surface area contributed by atoms with Crippen molar-refractivity contribution in [1.29, 1.82) is 0 Å². The average Bonchev–Trinajstić information content (AvgIpc) is 2.70. The van der Waals surface area contributed by atoms with Gasteiger partial charge in [0.2, 0.25) is 0 Å². The first-order valence-corrected chi connectivity index (χ1v) is 6.33. The summed E-state index contributed by atoms with van der Waals surface area (Å²) in [6.07, 6.45) is 4.74. The molecule has 0 fully saturated rings. The third-order valence-corrected chi connectivity index (χ3v) is 3.03. The van der Waals surface area contributed by atoms with Crippen LogP contribution >= 0.6 is 0 Å². The SMILES string of the molecule is CCn1cc(CNC(CCO)C(C)(C)C)cn1. The lowest BCUT2D eigenvalue weighted by Gasteiger charge is -2.31. The van der Waals surface area contributed by atoms with Crippen LogP contribution in [0.2, 0.25) is 0 Å². The van der Waals surface area contributed by atoms with E-state index in [4.69, 9.17) is 5.11 Å². The fourth-order valence-electron chi connectivity index (χ4n) is 1.88. The topological polar surface area (TPSA) is 50.1 Å². The second-order valence-corrected chi connectivity index (χ2v) is 5.52. The van der Waals surface area contributed by atoms with Gasteiger partial charge in [-0.2, -0.15) is 5.10 Å². The zero-order chi connectivity index (χ0) is 12.9. The molecule has 0 aromatic carbocycles. The lowest BCUT2D eigenvalue weighted by atomic mass is 9.85. The molecule has 1 rings (SSSR count). The second-order valence-electron chi connectivity index (χ2n) is 5.52. The molecule has 4 heteroatoms. The number of hydrogen-bond donors (Lipinski definition) is 2. The maximum atomic E-state index is 9.08. The molecule has 0 saturated heterocycles. The summed E-state index contributed by atoms with van der Waals surface area (Å²) in [4.78, 5) is 0. The summed E-state index contributed by atoms with van der Waals surface area (Å²) in [5.74, 6) is 0. The van der Waals surface area contributed by atoms with Crippen LogP contribution in [0.25, 0.3) is 0 Å². The second kappa shape index (κ2) is 6.17. The predicted molar refractivity (Wildman–Crippen MR) is 69.7 cm³/mol. The van der Waals surface area contributed by atoms with Gasteiger partial charge in [0, 0.05) is 37.5 Å². The normalized spacial score (nSPS) is 13.9. The maximum absolute atomic E-state index is 9.08. The molecule has 1 aromatic rings. The molecule has 0 aliphatic carbocycles. The van der Waals surface area contributed by atoms with Crippen molar-refractivity contribution >= 4 is 0 Å². The quantitative estimate of drug-likeness (QED) is 0.795. The maximum Gasteiger partial charge on any atom is 0.0534 e. The van der Waals surface area contributed by atoms with E-state index in [1.165, 1.54) is 5.56 Å². The summed E-state index contributed by atoms with van der Waals surface area (Å²) in [7, 11) is 0. The highest BCUT2D eigenvalue weighted by atomic mass is 16.3. The molecule has 1 aromatic heterocycles. The van der Waals surface area contributed by atoms with Crippen molar-refractivity contribution in [1.82, 2.24) is 15.1 Å². The Balaban J connectivity index is 2.51. The molecular formula is C13H25N3O. The summed E-state index contributed by atoms with van der Waals surface area (Å²) in [5.41, 5.74) is 1.35. The van der Waals surface area contributed by atoms with E-state index in [9.17, 15) is 0 Å². The Morgan fingerprint density at radius 2 is 2.18 bits per heavy atom. The number of hydrogen-bond acceptors (Lipinski definition) is 3. The van der Waals surface area contributed by atoms with Crippen LogP contribution in [0.1, 0.15) is 39.7 Å². The van der Waals surface area contributed by atoms with Crippen LogP contribution in [-0.2, 0) is 13.1 Å². The molecule has 0 amide bonds. The Morgan fingerprint density at radius 3 is 2.65 bits per heavy atom. The Labute approximate surface area is 104 Å². The monoisotopic (exact) mass is 239 g/mol. The number of nitrogens with one attached hydrogen (secondary N) is 1. The first kappa shape index (κ1) is 14.2. The molecule has 1 atom stereocenters. The first-order chi connectivity index (χ1) is 7.97. The Kier molecular flexibility index (Phi) is 5.15. The average molecular weight is 239 g/mol. The number of rotatable bonds is 6. The van der Waals surface area contributed by atoms with E-state index >= 15 is 0 Å². The van der Waals surface area contributed by atoms with Gasteiger partial charge >= 0.3 is 0 Å². The first-order valence-electron chi connectivity index (χ1n) is 6.33. The Morgan fingerprint density at radius 1 is 1.47 bits per heavy atom. The van der Waals surface area contributed by atoms with Gasteiger partial charge in [-0.15, -0.1) is 0 Å². The summed E-state index contributed by atoms with van der Waals surface area (Å²) in [5, 5.41) is 16.8. The zero-order valence-corrected chi connectivity index (χ0v) is 11.4. The molecule has 2 N–H and O–H groups in total. The third kappa shape index (κ3) is 4.48. The minimum Gasteiger partial charge on any atom is -0.396 e. The Hall–Kier alpha value is -0.870. The van der Waals surface area contributed by atoms with Gasteiger partial charge in [-0.1, -0.05) is 20.8 Å². The minimum absolute atomic E-state index is 0.156. The van der Waals surface area contributed by atoms with Crippen molar-refractivity contribution in [2.24, 2.45) is 5.41 Å². The molecule has 0 aliphatic heterocycles. The van der Waals surface area contributed by atoms with Gasteiger partial charge in [-0.05, 0) is 18.8 Å². The Bertz CT molecular complexity index is 328. The molecule has 0 spiro atoms. The van der Waals surface area contributed by atoms with Gasteiger partial charge in [0.25, 0.3) is 0 Å². The number of aryl methyl sites for hydroxylation is 1. The largest absolute Gasteiger partial charge is 0.396 e. The third-order valence-electron chi connectivity index (χ3n) is 3.03. The van der Waals surface area contributed by atoms with Crippen LogP contribution in [0.4, 0.5) is 0 Å². The molecule has 98 valence electrons. The molecule has 17 heavy (non-hydrogen) atoms. The van der Waals surface area contributed by atoms with E-state index in [0.29, 0.717) is 6.04 Å². The highest BCUT2D eigenvalue weighted by molar-refractivity contribution is 5.03. The fraction of sp³-hybridized carbons (Fsp3) is 0.769. The van der Waals surface area contributed by atoms with E-state index in [1.54, 1.807) is 0 Å². The zero-order valence-electron chi connectivity index (χ0n) is 11.4. The molecule has 4 nitrogen and oxygen atoms in total. The highest BCUT2D eigenvalue weighted by Crippen LogP contribution is 2.21. The van der Waals surface area contributed by atoms with Crippen molar-refractivity contribution in [3.8, 4) is 0 Å². The van der Waals surface area contributed by atoms with Gasteiger partial charge in [-0.3, -0.25) is 4.68 Å². The van der Waals surface area contributed by atoms with Crippen molar-refractivity contribution in [2.45, 2.75) is 53.2 Å². The van der Waals surface area contributed by atoms with Crippen molar-refractivity contribution in [3.63, 3.8) is 0 Å². The predicted octanol–water partition coefficient (Wildman–Crippen LogP) is 1.79.